The molecule has 0 radical (unpaired) electrons. The number of amides is 1. The maximum absolute atomic E-state index is 12.3. The number of carbonyl (C=O) groups excluding carboxylic acids is 1. The summed E-state index contributed by atoms with van der Waals surface area (Å²) < 4.78 is 10.1. The molecule has 20 heavy (non-hydrogen) atoms. The van der Waals surface area contributed by atoms with Gasteiger partial charge in [-0.25, -0.2) is 4.98 Å². The zero-order valence-electron chi connectivity index (χ0n) is 11.2. The molecule has 0 aromatic carbocycles. The van der Waals surface area contributed by atoms with Crippen molar-refractivity contribution in [2.24, 2.45) is 0 Å². The minimum Gasteiger partial charge on any atom is -0.382 e. The van der Waals surface area contributed by atoms with Gasteiger partial charge < -0.3 is 9.47 Å². The van der Waals surface area contributed by atoms with Crippen LogP contribution in [-0.2, 0) is 14.3 Å². The van der Waals surface area contributed by atoms with Gasteiger partial charge in [0.25, 0.3) is 5.91 Å². The van der Waals surface area contributed by atoms with Gasteiger partial charge in [-0.1, -0.05) is 6.07 Å². The molecule has 0 fully saturated rings. The van der Waals surface area contributed by atoms with Crippen molar-refractivity contribution in [3.8, 4) is 0 Å². The highest BCUT2D eigenvalue weighted by Gasteiger charge is 2.19. The zero-order chi connectivity index (χ0) is 14.2. The summed E-state index contributed by atoms with van der Waals surface area (Å²) in [6.07, 6.45) is 4.81. The molecule has 0 saturated heterocycles. The largest absolute Gasteiger partial charge is 0.382 e. The van der Waals surface area contributed by atoms with E-state index in [0.717, 1.165) is 0 Å². The molecule has 0 saturated carbocycles. The minimum atomic E-state index is -0.221. The Labute approximate surface area is 116 Å². The van der Waals surface area contributed by atoms with Crippen molar-refractivity contribution in [3.05, 3.63) is 36.8 Å². The SMILES string of the molecule is COCCOCC(=O)N(c1cn[nH]c1)c1ccccn1. The highest BCUT2D eigenvalue weighted by Crippen LogP contribution is 2.21. The summed E-state index contributed by atoms with van der Waals surface area (Å²) in [6.45, 7) is 0.761. The monoisotopic (exact) mass is 276 g/mol. The fourth-order valence-electron chi connectivity index (χ4n) is 1.62. The minimum absolute atomic E-state index is 0.0505. The van der Waals surface area contributed by atoms with Gasteiger partial charge in [0.05, 0.1) is 25.1 Å². The predicted octanol–water partition coefficient (Wildman–Crippen LogP) is 1.13. The number of H-pyrrole nitrogens is 1. The lowest BCUT2D eigenvalue weighted by Gasteiger charge is -2.19. The summed E-state index contributed by atoms with van der Waals surface area (Å²) >= 11 is 0. The molecule has 0 aliphatic heterocycles. The molecule has 2 rings (SSSR count). The van der Waals surface area contributed by atoms with Crippen molar-refractivity contribution in [1.29, 1.82) is 0 Å². The Morgan fingerprint density at radius 2 is 2.30 bits per heavy atom. The third-order valence-corrected chi connectivity index (χ3v) is 2.53. The molecule has 1 amide bonds. The van der Waals surface area contributed by atoms with Crippen LogP contribution in [0.4, 0.5) is 11.5 Å². The van der Waals surface area contributed by atoms with Crippen molar-refractivity contribution >= 4 is 17.4 Å². The number of rotatable bonds is 7. The first kappa shape index (κ1) is 14.2. The molecule has 0 aliphatic carbocycles. The van der Waals surface area contributed by atoms with Crippen LogP contribution in [0, 0.1) is 0 Å². The lowest BCUT2D eigenvalue weighted by Crippen LogP contribution is -2.30. The van der Waals surface area contributed by atoms with Gasteiger partial charge in [-0.15, -0.1) is 0 Å². The molecule has 0 bridgehead atoms. The third kappa shape index (κ3) is 3.62. The van der Waals surface area contributed by atoms with E-state index in [4.69, 9.17) is 9.47 Å². The van der Waals surface area contributed by atoms with Crippen molar-refractivity contribution in [1.82, 2.24) is 15.2 Å². The number of ether oxygens (including phenoxy) is 2. The average Bonchev–Trinajstić information content (AvgIpc) is 2.99. The molecule has 106 valence electrons. The summed E-state index contributed by atoms with van der Waals surface area (Å²) in [5.74, 6) is 0.301. The molecule has 0 spiro atoms. The lowest BCUT2D eigenvalue weighted by molar-refractivity contribution is -0.122. The Hall–Kier alpha value is -2.25. The van der Waals surface area contributed by atoms with Crippen LogP contribution in [0.25, 0.3) is 0 Å². The standard InChI is InChI=1S/C13H16N4O3/c1-19-6-7-20-10-13(18)17(11-8-15-16-9-11)12-4-2-3-5-14-12/h2-5,8-9H,6-7,10H2,1H3,(H,15,16). The molecule has 2 aromatic rings. The summed E-state index contributed by atoms with van der Waals surface area (Å²) in [5.41, 5.74) is 0.615. The second kappa shape index (κ2) is 7.37. The van der Waals surface area contributed by atoms with E-state index in [1.54, 1.807) is 37.8 Å². The Morgan fingerprint density at radius 1 is 1.40 bits per heavy atom. The van der Waals surface area contributed by atoms with E-state index in [0.29, 0.717) is 24.7 Å². The van der Waals surface area contributed by atoms with Gasteiger partial charge in [0, 0.05) is 19.5 Å². The number of anilines is 2. The number of pyridine rings is 1. The Kier molecular flexibility index (Phi) is 5.22. The van der Waals surface area contributed by atoms with Gasteiger partial charge in [-0.05, 0) is 12.1 Å². The van der Waals surface area contributed by atoms with E-state index in [9.17, 15) is 4.79 Å². The first-order chi connectivity index (χ1) is 9.83. The zero-order valence-corrected chi connectivity index (χ0v) is 11.2. The van der Waals surface area contributed by atoms with Gasteiger partial charge in [0.1, 0.15) is 12.4 Å². The number of aromatic nitrogens is 3. The van der Waals surface area contributed by atoms with Crippen LogP contribution in [0.3, 0.4) is 0 Å². The van der Waals surface area contributed by atoms with Crippen molar-refractivity contribution in [2.75, 3.05) is 31.8 Å². The van der Waals surface area contributed by atoms with Crippen LogP contribution in [0.2, 0.25) is 0 Å². The summed E-state index contributed by atoms with van der Waals surface area (Å²) in [4.78, 5) is 17.9. The number of hydrogen-bond acceptors (Lipinski definition) is 5. The second-order valence-electron chi connectivity index (χ2n) is 3.92. The predicted molar refractivity (Wildman–Crippen MR) is 72.7 cm³/mol. The average molecular weight is 276 g/mol. The van der Waals surface area contributed by atoms with Gasteiger partial charge in [-0.2, -0.15) is 5.10 Å². The highest BCUT2D eigenvalue weighted by molar-refractivity contribution is 6.00. The van der Waals surface area contributed by atoms with E-state index >= 15 is 0 Å². The lowest BCUT2D eigenvalue weighted by atomic mass is 10.3. The number of carbonyl (C=O) groups is 1. The summed E-state index contributed by atoms with van der Waals surface area (Å²) in [5, 5.41) is 6.53. The van der Waals surface area contributed by atoms with Crippen LogP contribution in [0.5, 0.6) is 0 Å². The molecule has 2 aromatic heterocycles. The maximum Gasteiger partial charge on any atom is 0.258 e. The topological polar surface area (TPSA) is 80.3 Å². The third-order valence-electron chi connectivity index (χ3n) is 2.53. The first-order valence-electron chi connectivity index (χ1n) is 6.12. The molecule has 7 nitrogen and oxygen atoms in total. The molecular weight excluding hydrogens is 260 g/mol. The van der Waals surface area contributed by atoms with E-state index in [1.807, 2.05) is 6.07 Å². The normalized spacial score (nSPS) is 10.4. The van der Waals surface area contributed by atoms with E-state index in [1.165, 1.54) is 4.90 Å². The molecule has 0 aliphatic rings. The smallest absolute Gasteiger partial charge is 0.258 e. The highest BCUT2D eigenvalue weighted by atomic mass is 16.5. The number of aromatic amines is 1. The quantitative estimate of drug-likeness (QED) is 0.767. The molecule has 1 N–H and O–H groups in total. The van der Waals surface area contributed by atoms with E-state index < -0.39 is 0 Å². The van der Waals surface area contributed by atoms with Crippen molar-refractivity contribution in [3.63, 3.8) is 0 Å². The second-order valence-corrected chi connectivity index (χ2v) is 3.92. The summed E-state index contributed by atoms with van der Waals surface area (Å²) in [6, 6.07) is 5.35. The van der Waals surface area contributed by atoms with Crippen LogP contribution in [-0.4, -0.2) is 48.0 Å². The Morgan fingerprint density at radius 3 is 2.95 bits per heavy atom. The number of nitrogens with zero attached hydrogens (tertiary/aromatic N) is 3. The first-order valence-corrected chi connectivity index (χ1v) is 6.12. The maximum atomic E-state index is 12.3. The Bertz CT molecular complexity index is 516. The van der Waals surface area contributed by atoms with Gasteiger partial charge in [0.2, 0.25) is 0 Å². The van der Waals surface area contributed by atoms with Gasteiger partial charge in [-0.3, -0.25) is 14.8 Å². The van der Waals surface area contributed by atoms with Crippen molar-refractivity contribution < 1.29 is 14.3 Å². The van der Waals surface area contributed by atoms with Crippen molar-refractivity contribution in [2.45, 2.75) is 0 Å². The number of nitrogens with one attached hydrogen (secondary N) is 1. The molecule has 0 atom stereocenters. The number of hydrogen-bond donors (Lipinski definition) is 1. The van der Waals surface area contributed by atoms with E-state index in [2.05, 4.69) is 15.2 Å². The van der Waals surface area contributed by atoms with Crippen LogP contribution < -0.4 is 4.90 Å². The van der Waals surface area contributed by atoms with Gasteiger partial charge in [0.15, 0.2) is 0 Å². The number of methoxy groups -OCH3 is 1. The summed E-state index contributed by atoms with van der Waals surface area (Å²) in [7, 11) is 1.58. The van der Waals surface area contributed by atoms with Crippen LogP contribution in [0.15, 0.2) is 36.8 Å². The van der Waals surface area contributed by atoms with E-state index in [-0.39, 0.29) is 12.5 Å². The molecule has 2 heterocycles. The Balaban J connectivity index is 2.09. The fourth-order valence-corrected chi connectivity index (χ4v) is 1.62. The molecule has 0 unspecified atom stereocenters. The van der Waals surface area contributed by atoms with Gasteiger partial charge >= 0.3 is 0 Å². The van der Waals surface area contributed by atoms with Crippen LogP contribution in [0.1, 0.15) is 0 Å². The molecule has 7 heteroatoms. The van der Waals surface area contributed by atoms with Crippen LogP contribution >= 0.6 is 0 Å². The fraction of sp³-hybridized carbons (Fsp3) is 0.308. The molecular formula is C13H16N4O3.